The van der Waals surface area contributed by atoms with Crippen molar-refractivity contribution in [3.05, 3.63) is 64.7 Å². The van der Waals surface area contributed by atoms with Crippen LogP contribution in [0.25, 0.3) is 0 Å². The zero-order valence-corrected chi connectivity index (χ0v) is 14.7. The Balaban J connectivity index is 1.57. The van der Waals surface area contributed by atoms with Gasteiger partial charge in [0.25, 0.3) is 0 Å². The molecule has 0 aromatic heterocycles. The molecule has 0 atom stereocenters. The summed E-state index contributed by atoms with van der Waals surface area (Å²) in [6.45, 7) is 0. The number of hydrogen-bond acceptors (Lipinski definition) is 2. The highest BCUT2D eigenvalue weighted by Gasteiger charge is 2.16. The van der Waals surface area contributed by atoms with Gasteiger partial charge in [-0.2, -0.15) is 0 Å². The maximum atomic E-state index is 12.3. The monoisotopic (exact) mass is 344 g/mol. The molecule has 1 saturated carbocycles. The lowest BCUT2D eigenvalue weighted by atomic mass is 9.84. The second kappa shape index (κ2) is 8.03. The van der Waals surface area contributed by atoms with Gasteiger partial charge in [-0.1, -0.05) is 55.1 Å². The zero-order valence-electron chi connectivity index (χ0n) is 13.1. The molecule has 3 rings (SSSR count). The van der Waals surface area contributed by atoms with Crippen LogP contribution in [0.1, 0.15) is 53.9 Å². The van der Waals surface area contributed by atoms with E-state index in [2.05, 4.69) is 12.1 Å². The normalized spacial score (nSPS) is 15.5. The first-order chi connectivity index (χ1) is 11.2. The number of thioether (sulfide) groups is 1. The summed E-state index contributed by atoms with van der Waals surface area (Å²) in [5.41, 5.74) is 2.21. The van der Waals surface area contributed by atoms with Gasteiger partial charge in [0.2, 0.25) is 0 Å². The summed E-state index contributed by atoms with van der Waals surface area (Å²) in [6.07, 6.45) is 6.63. The van der Waals surface area contributed by atoms with E-state index in [4.69, 9.17) is 11.6 Å². The molecule has 1 nitrogen and oxygen atoms in total. The van der Waals surface area contributed by atoms with Crippen molar-refractivity contribution in [2.75, 3.05) is 5.75 Å². The van der Waals surface area contributed by atoms with Gasteiger partial charge < -0.3 is 0 Å². The van der Waals surface area contributed by atoms with Crippen LogP contribution in [-0.4, -0.2) is 11.5 Å². The molecule has 0 unspecified atom stereocenters. The van der Waals surface area contributed by atoms with E-state index in [1.165, 1.54) is 37.7 Å². The molecule has 2 aromatic rings. The van der Waals surface area contributed by atoms with Gasteiger partial charge >= 0.3 is 0 Å². The van der Waals surface area contributed by atoms with E-state index in [-0.39, 0.29) is 5.78 Å². The van der Waals surface area contributed by atoms with Crippen LogP contribution in [-0.2, 0) is 0 Å². The highest BCUT2D eigenvalue weighted by molar-refractivity contribution is 8.00. The molecule has 23 heavy (non-hydrogen) atoms. The fourth-order valence-corrected chi connectivity index (χ4v) is 4.06. The Hall–Kier alpha value is -1.25. The molecule has 1 fully saturated rings. The first kappa shape index (κ1) is 16.6. The molecule has 3 heteroatoms. The Morgan fingerprint density at radius 2 is 1.61 bits per heavy atom. The molecular formula is C20H21ClOS. The number of rotatable bonds is 5. The number of hydrogen-bond donors (Lipinski definition) is 0. The molecule has 0 N–H and O–H groups in total. The largest absolute Gasteiger partial charge is 0.293 e. The first-order valence-electron chi connectivity index (χ1n) is 8.24. The number of ketones is 1. The molecule has 2 aromatic carbocycles. The minimum atomic E-state index is 0.181. The fraction of sp³-hybridized carbons (Fsp3) is 0.350. The molecule has 1 aliphatic carbocycles. The summed E-state index contributed by atoms with van der Waals surface area (Å²) in [6, 6.07) is 15.9. The second-order valence-corrected chi connectivity index (χ2v) is 7.61. The molecule has 0 saturated heterocycles. The van der Waals surface area contributed by atoms with Crippen LogP contribution >= 0.6 is 23.4 Å². The Bertz CT molecular complexity index is 642. The van der Waals surface area contributed by atoms with Crippen molar-refractivity contribution in [2.24, 2.45) is 0 Å². The number of benzene rings is 2. The Morgan fingerprint density at radius 3 is 2.26 bits per heavy atom. The van der Waals surface area contributed by atoms with Gasteiger partial charge in [-0.3, -0.25) is 4.79 Å². The van der Waals surface area contributed by atoms with E-state index in [1.807, 2.05) is 36.4 Å². The standard InChI is InChI=1S/C20H21ClOS/c21-18-10-12-19(13-11-18)23-14-20(22)17-8-6-16(7-9-17)15-4-2-1-3-5-15/h6-13,15H,1-5,14H2. The quantitative estimate of drug-likeness (QED) is 0.463. The molecule has 0 amide bonds. The minimum absolute atomic E-state index is 0.181. The lowest BCUT2D eigenvalue weighted by Gasteiger charge is -2.22. The molecule has 0 heterocycles. The van der Waals surface area contributed by atoms with Crippen LogP contribution in [0.3, 0.4) is 0 Å². The average molecular weight is 345 g/mol. The molecule has 0 bridgehead atoms. The number of carbonyl (C=O) groups excluding carboxylic acids is 1. The van der Waals surface area contributed by atoms with Crippen molar-refractivity contribution in [3.63, 3.8) is 0 Å². The predicted octanol–water partition coefficient (Wildman–Crippen LogP) is 6.36. The lowest BCUT2D eigenvalue weighted by Crippen LogP contribution is -2.06. The van der Waals surface area contributed by atoms with Crippen molar-refractivity contribution in [1.29, 1.82) is 0 Å². The summed E-state index contributed by atoms with van der Waals surface area (Å²) < 4.78 is 0. The van der Waals surface area contributed by atoms with Crippen molar-refractivity contribution in [1.82, 2.24) is 0 Å². The van der Waals surface area contributed by atoms with Gasteiger partial charge in [0.15, 0.2) is 5.78 Å². The van der Waals surface area contributed by atoms with Gasteiger partial charge in [0.1, 0.15) is 0 Å². The molecule has 0 aliphatic heterocycles. The van der Waals surface area contributed by atoms with Crippen molar-refractivity contribution in [3.8, 4) is 0 Å². The lowest BCUT2D eigenvalue weighted by molar-refractivity contribution is 0.102. The molecular weight excluding hydrogens is 324 g/mol. The van der Waals surface area contributed by atoms with E-state index >= 15 is 0 Å². The van der Waals surface area contributed by atoms with Crippen LogP contribution in [0.4, 0.5) is 0 Å². The van der Waals surface area contributed by atoms with E-state index in [1.54, 1.807) is 11.8 Å². The summed E-state index contributed by atoms with van der Waals surface area (Å²) in [5, 5.41) is 0.721. The van der Waals surface area contributed by atoms with E-state index in [9.17, 15) is 4.79 Å². The third-order valence-electron chi connectivity index (χ3n) is 4.49. The Kier molecular flexibility index (Phi) is 5.80. The Morgan fingerprint density at radius 1 is 0.957 bits per heavy atom. The first-order valence-corrected chi connectivity index (χ1v) is 9.60. The maximum absolute atomic E-state index is 12.3. The number of carbonyl (C=O) groups is 1. The Labute approximate surface area is 147 Å². The minimum Gasteiger partial charge on any atom is -0.293 e. The highest BCUT2D eigenvalue weighted by atomic mass is 35.5. The van der Waals surface area contributed by atoms with Gasteiger partial charge in [-0.15, -0.1) is 11.8 Å². The second-order valence-electron chi connectivity index (χ2n) is 6.12. The van der Waals surface area contributed by atoms with Crippen molar-refractivity contribution >= 4 is 29.1 Å². The predicted molar refractivity (Wildman–Crippen MR) is 98.8 cm³/mol. The molecule has 0 radical (unpaired) electrons. The smallest absolute Gasteiger partial charge is 0.173 e. The van der Waals surface area contributed by atoms with E-state index < -0.39 is 0 Å². The van der Waals surface area contributed by atoms with Gasteiger partial charge in [0, 0.05) is 15.5 Å². The van der Waals surface area contributed by atoms with Gasteiger partial charge in [-0.05, 0) is 48.6 Å². The molecule has 0 spiro atoms. The molecule has 120 valence electrons. The van der Waals surface area contributed by atoms with Crippen LogP contribution < -0.4 is 0 Å². The summed E-state index contributed by atoms with van der Waals surface area (Å²) in [4.78, 5) is 13.4. The summed E-state index contributed by atoms with van der Waals surface area (Å²) in [7, 11) is 0. The SMILES string of the molecule is O=C(CSc1ccc(Cl)cc1)c1ccc(C2CCCCC2)cc1. The third kappa shape index (κ3) is 4.62. The summed E-state index contributed by atoms with van der Waals surface area (Å²) >= 11 is 7.43. The fourth-order valence-electron chi connectivity index (χ4n) is 3.14. The third-order valence-corrected chi connectivity index (χ3v) is 5.76. The van der Waals surface area contributed by atoms with Crippen LogP contribution in [0, 0.1) is 0 Å². The topological polar surface area (TPSA) is 17.1 Å². The zero-order chi connectivity index (χ0) is 16.1. The highest BCUT2D eigenvalue weighted by Crippen LogP contribution is 2.32. The van der Waals surface area contributed by atoms with Gasteiger partial charge in [0.05, 0.1) is 5.75 Å². The van der Waals surface area contributed by atoms with Crippen molar-refractivity contribution in [2.45, 2.75) is 42.9 Å². The average Bonchev–Trinajstić information content (AvgIpc) is 2.62. The number of Topliss-reactive ketones (excluding diaryl/α,β-unsaturated/α-hetero) is 1. The molecule has 1 aliphatic rings. The van der Waals surface area contributed by atoms with Gasteiger partial charge in [-0.25, -0.2) is 0 Å². The van der Waals surface area contributed by atoms with E-state index in [0.717, 1.165) is 15.5 Å². The number of halogens is 1. The summed E-state index contributed by atoms with van der Waals surface area (Å²) in [5.74, 6) is 1.33. The van der Waals surface area contributed by atoms with E-state index in [0.29, 0.717) is 11.7 Å². The van der Waals surface area contributed by atoms with Crippen molar-refractivity contribution < 1.29 is 4.79 Å². The van der Waals surface area contributed by atoms with Crippen LogP contribution in [0.15, 0.2) is 53.4 Å². The maximum Gasteiger partial charge on any atom is 0.173 e. The van der Waals surface area contributed by atoms with Crippen LogP contribution in [0.2, 0.25) is 5.02 Å². The van der Waals surface area contributed by atoms with Crippen LogP contribution in [0.5, 0.6) is 0 Å².